The lowest BCUT2D eigenvalue weighted by Gasteiger charge is -2.23. The van der Waals surface area contributed by atoms with Crippen LogP contribution >= 0.6 is 0 Å². The third-order valence-corrected chi connectivity index (χ3v) is 4.06. The molecule has 2 saturated heterocycles. The van der Waals surface area contributed by atoms with E-state index in [1.807, 2.05) is 0 Å². The monoisotopic (exact) mass is 207 g/mol. The molecule has 2 heteroatoms. The second-order valence-electron chi connectivity index (χ2n) is 5.49. The third-order valence-electron chi connectivity index (χ3n) is 4.06. The predicted octanol–water partition coefficient (Wildman–Crippen LogP) is 2.21. The van der Waals surface area contributed by atoms with Crippen molar-refractivity contribution in [3.63, 3.8) is 0 Å². The van der Waals surface area contributed by atoms with Gasteiger partial charge in [-0.2, -0.15) is 0 Å². The Morgan fingerprint density at radius 2 is 2.07 bits per heavy atom. The average Bonchev–Trinajstić information content (AvgIpc) is 2.85. The van der Waals surface area contributed by atoms with Crippen LogP contribution in [0.2, 0.25) is 0 Å². The maximum absolute atomic E-state index is 5.81. The van der Waals surface area contributed by atoms with E-state index in [9.17, 15) is 0 Å². The molecule has 2 atom stereocenters. The number of fused-ring (bicyclic) bond motifs is 1. The summed E-state index contributed by atoms with van der Waals surface area (Å²) in [4.78, 5) is 2.62. The summed E-state index contributed by atoms with van der Waals surface area (Å²) in [6, 6.07) is 1.49. The van der Waals surface area contributed by atoms with Crippen LogP contribution in [0.25, 0.3) is 0 Å². The van der Waals surface area contributed by atoms with Crippen molar-refractivity contribution >= 4 is 0 Å². The van der Waals surface area contributed by atoms with Crippen molar-refractivity contribution in [3.8, 4) is 0 Å². The molecule has 84 valence electrons. The largest absolute Gasteiger partial charge is 0.380 e. The van der Waals surface area contributed by atoms with Crippen molar-refractivity contribution in [2.75, 3.05) is 19.8 Å². The Hall–Kier alpha value is -0.340. The van der Waals surface area contributed by atoms with Gasteiger partial charge in [-0.1, -0.05) is 12.2 Å². The molecule has 3 rings (SSSR count). The molecule has 0 radical (unpaired) electrons. The minimum Gasteiger partial charge on any atom is -0.380 e. The molecule has 0 aromatic rings. The van der Waals surface area contributed by atoms with Gasteiger partial charge < -0.3 is 4.74 Å². The molecular formula is C13H21NO. The first-order valence-corrected chi connectivity index (χ1v) is 6.33. The third kappa shape index (κ3) is 2.11. The molecule has 1 aliphatic carbocycles. The average molecular weight is 207 g/mol. The van der Waals surface area contributed by atoms with Crippen LogP contribution in [0.15, 0.2) is 12.2 Å². The van der Waals surface area contributed by atoms with Crippen molar-refractivity contribution in [1.82, 2.24) is 4.90 Å². The first-order valence-electron chi connectivity index (χ1n) is 6.33. The van der Waals surface area contributed by atoms with Crippen LogP contribution in [0.3, 0.4) is 0 Å². The fourth-order valence-corrected chi connectivity index (χ4v) is 2.98. The summed E-state index contributed by atoms with van der Waals surface area (Å²) < 4.78 is 5.81. The summed E-state index contributed by atoms with van der Waals surface area (Å²) in [5.41, 5.74) is 1.42. The van der Waals surface area contributed by atoms with E-state index in [1.165, 1.54) is 37.7 Å². The molecule has 1 saturated carbocycles. The molecule has 0 unspecified atom stereocenters. The summed E-state index contributed by atoms with van der Waals surface area (Å²) in [5, 5.41) is 0. The summed E-state index contributed by atoms with van der Waals surface area (Å²) in [5.74, 6) is 0.899. The molecule has 2 nitrogen and oxygen atoms in total. The molecule has 2 aliphatic heterocycles. The normalized spacial score (nSPS) is 36.1. The van der Waals surface area contributed by atoms with Gasteiger partial charge in [-0.05, 0) is 38.0 Å². The van der Waals surface area contributed by atoms with Gasteiger partial charge >= 0.3 is 0 Å². The zero-order valence-corrected chi connectivity index (χ0v) is 9.45. The Kier molecular flexibility index (Phi) is 2.57. The number of nitrogens with zero attached hydrogens (tertiary/aromatic N) is 1. The van der Waals surface area contributed by atoms with Crippen LogP contribution in [0.1, 0.15) is 32.1 Å². The smallest absolute Gasteiger partial charge is 0.0622 e. The molecule has 0 N–H and O–H groups in total. The summed E-state index contributed by atoms with van der Waals surface area (Å²) in [6.07, 6.45) is 6.72. The van der Waals surface area contributed by atoms with Gasteiger partial charge in [0.1, 0.15) is 0 Å². The Balaban J connectivity index is 1.46. The highest BCUT2D eigenvalue weighted by Gasteiger charge is 2.38. The lowest BCUT2D eigenvalue weighted by atomic mass is 10.1. The topological polar surface area (TPSA) is 12.5 Å². The van der Waals surface area contributed by atoms with Gasteiger partial charge in [-0.3, -0.25) is 4.90 Å². The van der Waals surface area contributed by atoms with E-state index in [1.54, 1.807) is 0 Å². The standard InChI is InChI=1S/C13H21NO/c1-10-6-12-4-5-13(14(12)7-10)9-15-8-11-2-3-11/h11-13H,1-9H2/t12-,13-/m0/s1. The van der Waals surface area contributed by atoms with Crippen LogP contribution in [0, 0.1) is 5.92 Å². The Labute approximate surface area is 92.3 Å². The Morgan fingerprint density at radius 3 is 2.87 bits per heavy atom. The lowest BCUT2D eigenvalue weighted by molar-refractivity contribution is 0.0704. The first-order chi connectivity index (χ1) is 7.33. The second-order valence-corrected chi connectivity index (χ2v) is 5.49. The van der Waals surface area contributed by atoms with E-state index in [0.29, 0.717) is 6.04 Å². The highest BCUT2D eigenvalue weighted by atomic mass is 16.5. The minimum absolute atomic E-state index is 0.688. The zero-order valence-electron chi connectivity index (χ0n) is 9.45. The van der Waals surface area contributed by atoms with Gasteiger partial charge in [0.25, 0.3) is 0 Å². The summed E-state index contributed by atoms with van der Waals surface area (Å²) in [6.45, 7) is 7.20. The Morgan fingerprint density at radius 1 is 1.20 bits per heavy atom. The fraction of sp³-hybridized carbons (Fsp3) is 0.846. The molecule has 2 heterocycles. The molecule has 0 aromatic carbocycles. The van der Waals surface area contributed by atoms with Gasteiger partial charge in [0.2, 0.25) is 0 Å². The maximum atomic E-state index is 5.81. The highest BCUT2D eigenvalue weighted by molar-refractivity contribution is 5.11. The van der Waals surface area contributed by atoms with Gasteiger partial charge in [0.15, 0.2) is 0 Å². The van der Waals surface area contributed by atoms with Crippen LogP contribution in [-0.4, -0.2) is 36.7 Å². The van der Waals surface area contributed by atoms with Crippen molar-refractivity contribution in [3.05, 3.63) is 12.2 Å². The van der Waals surface area contributed by atoms with E-state index < -0.39 is 0 Å². The Bertz CT molecular complexity index is 259. The van der Waals surface area contributed by atoms with Gasteiger partial charge in [0.05, 0.1) is 6.61 Å². The van der Waals surface area contributed by atoms with Crippen molar-refractivity contribution < 1.29 is 4.74 Å². The van der Waals surface area contributed by atoms with Crippen LogP contribution < -0.4 is 0 Å². The predicted molar refractivity (Wildman–Crippen MR) is 60.8 cm³/mol. The molecule has 3 fully saturated rings. The van der Waals surface area contributed by atoms with Gasteiger partial charge in [0, 0.05) is 25.2 Å². The van der Waals surface area contributed by atoms with E-state index in [4.69, 9.17) is 4.74 Å². The van der Waals surface area contributed by atoms with E-state index >= 15 is 0 Å². The van der Waals surface area contributed by atoms with E-state index in [-0.39, 0.29) is 0 Å². The number of hydrogen-bond donors (Lipinski definition) is 0. The molecule has 0 amide bonds. The second kappa shape index (κ2) is 3.91. The van der Waals surface area contributed by atoms with E-state index in [2.05, 4.69) is 11.5 Å². The lowest BCUT2D eigenvalue weighted by Crippen LogP contribution is -2.34. The molecule has 0 bridgehead atoms. The van der Waals surface area contributed by atoms with Crippen molar-refractivity contribution in [2.24, 2.45) is 5.92 Å². The highest BCUT2D eigenvalue weighted by Crippen LogP contribution is 2.35. The van der Waals surface area contributed by atoms with Gasteiger partial charge in [-0.15, -0.1) is 0 Å². The minimum atomic E-state index is 0.688. The first kappa shape index (κ1) is 9.86. The van der Waals surface area contributed by atoms with Gasteiger partial charge in [-0.25, -0.2) is 0 Å². The summed E-state index contributed by atoms with van der Waals surface area (Å²) >= 11 is 0. The van der Waals surface area contributed by atoms with Crippen LogP contribution in [-0.2, 0) is 4.74 Å². The maximum Gasteiger partial charge on any atom is 0.0622 e. The molecule has 3 aliphatic rings. The molecule has 0 spiro atoms. The van der Waals surface area contributed by atoms with Crippen LogP contribution in [0.5, 0.6) is 0 Å². The van der Waals surface area contributed by atoms with Crippen LogP contribution in [0.4, 0.5) is 0 Å². The zero-order chi connectivity index (χ0) is 10.3. The molecular weight excluding hydrogens is 186 g/mol. The van der Waals surface area contributed by atoms with E-state index in [0.717, 1.165) is 31.7 Å². The molecule has 15 heavy (non-hydrogen) atoms. The molecule has 0 aromatic heterocycles. The number of ether oxygens (including phenoxy) is 1. The fourth-order valence-electron chi connectivity index (χ4n) is 2.98. The number of hydrogen-bond acceptors (Lipinski definition) is 2. The van der Waals surface area contributed by atoms with Crippen molar-refractivity contribution in [2.45, 2.75) is 44.2 Å². The van der Waals surface area contributed by atoms with Crippen molar-refractivity contribution in [1.29, 1.82) is 0 Å². The quantitative estimate of drug-likeness (QED) is 0.655. The number of rotatable bonds is 4. The summed E-state index contributed by atoms with van der Waals surface area (Å²) in [7, 11) is 0. The SMILES string of the molecule is C=C1C[C@@H]2CC[C@@H](COCC3CC3)N2C1.